The standard InChI is InChI=1S/C17H23N3OS2/c1-4-21-14-9-7-13(8-10-14)19-17(22)18-12-15(20(2)3)16-6-5-11-23-16/h5-11,15H,4,12H2,1-3H3,(H2,18,19,22)/t15-/m0/s1. The third kappa shape index (κ3) is 5.49. The van der Waals surface area contributed by atoms with E-state index in [4.69, 9.17) is 17.0 Å². The molecule has 0 amide bonds. The van der Waals surface area contributed by atoms with E-state index in [1.165, 1.54) is 4.88 Å². The molecule has 1 aromatic heterocycles. The number of nitrogens with one attached hydrogen (secondary N) is 2. The minimum Gasteiger partial charge on any atom is -0.494 e. The molecule has 0 saturated carbocycles. The van der Waals surface area contributed by atoms with Gasteiger partial charge in [0.15, 0.2) is 5.11 Å². The second-order valence-electron chi connectivity index (χ2n) is 5.29. The monoisotopic (exact) mass is 349 g/mol. The van der Waals surface area contributed by atoms with Crippen molar-refractivity contribution >= 4 is 34.4 Å². The Morgan fingerprint density at radius 3 is 2.57 bits per heavy atom. The van der Waals surface area contributed by atoms with E-state index >= 15 is 0 Å². The molecule has 0 bridgehead atoms. The van der Waals surface area contributed by atoms with Crippen molar-refractivity contribution in [3.63, 3.8) is 0 Å². The molecule has 6 heteroatoms. The van der Waals surface area contributed by atoms with Crippen LogP contribution in [0.4, 0.5) is 5.69 Å². The van der Waals surface area contributed by atoms with Crippen LogP contribution in [0, 0.1) is 0 Å². The Morgan fingerprint density at radius 2 is 2.00 bits per heavy atom. The Labute approximate surface area is 147 Å². The molecule has 2 N–H and O–H groups in total. The van der Waals surface area contributed by atoms with Crippen molar-refractivity contribution in [2.45, 2.75) is 13.0 Å². The number of hydrogen-bond acceptors (Lipinski definition) is 4. The highest BCUT2D eigenvalue weighted by Crippen LogP contribution is 2.22. The lowest BCUT2D eigenvalue weighted by Crippen LogP contribution is -2.36. The molecule has 0 aliphatic rings. The van der Waals surface area contributed by atoms with Gasteiger partial charge in [0.1, 0.15) is 5.75 Å². The molecule has 23 heavy (non-hydrogen) atoms. The summed E-state index contributed by atoms with van der Waals surface area (Å²) >= 11 is 7.15. The lowest BCUT2D eigenvalue weighted by Gasteiger charge is -2.24. The van der Waals surface area contributed by atoms with Crippen LogP contribution in [0.2, 0.25) is 0 Å². The number of hydrogen-bond donors (Lipinski definition) is 2. The number of rotatable bonds is 7. The smallest absolute Gasteiger partial charge is 0.170 e. The Morgan fingerprint density at radius 1 is 1.26 bits per heavy atom. The quantitative estimate of drug-likeness (QED) is 0.745. The molecule has 1 atom stereocenters. The van der Waals surface area contributed by atoms with Crippen LogP contribution in [-0.4, -0.2) is 37.3 Å². The second-order valence-corrected chi connectivity index (χ2v) is 6.67. The zero-order chi connectivity index (χ0) is 16.7. The number of nitrogens with zero attached hydrogens (tertiary/aromatic N) is 1. The summed E-state index contributed by atoms with van der Waals surface area (Å²) in [6, 6.07) is 12.3. The van der Waals surface area contributed by atoms with Crippen molar-refractivity contribution < 1.29 is 4.74 Å². The lowest BCUT2D eigenvalue weighted by molar-refractivity contribution is 0.303. The van der Waals surface area contributed by atoms with Gasteiger partial charge in [-0.05, 0) is 68.9 Å². The zero-order valence-corrected chi connectivity index (χ0v) is 15.3. The Balaban J connectivity index is 1.86. The normalized spacial score (nSPS) is 12.0. The van der Waals surface area contributed by atoms with Crippen LogP contribution in [-0.2, 0) is 0 Å². The Kier molecular flexibility index (Phi) is 6.83. The fourth-order valence-electron chi connectivity index (χ4n) is 2.18. The molecule has 1 aromatic carbocycles. The van der Waals surface area contributed by atoms with E-state index in [0.717, 1.165) is 18.0 Å². The summed E-state index contributed by atoms with van der Waals surface area (Å²) in [7, 11) is 4.16. The molecule has 0 unspecified atom stereocenters. The van der Waals surface area contributed by atoms with Crippen LogP contribution in [0.25, 0.3) is 0 Å². The summed E-state index contributed by atoms with van der Waals surface area (Å²) in [5.74, 6) is 0.863. The van der Waals surface area contributed by atoms with E-state index in [9.17, 15) is 0 Å². The molecule has 0 aliphatic carbocycles. The average molecular weight is 350 g/mol. The van der Waals surface area contributed by atoms with Crippen LogP contribution in [0.5, 0.6) is 5.75 Å². The molecule has 0 spiro atoms. The molecule has 0 aliphatic heterocycles. The fraction of sp³-hybridized carbons (Fsp3) is 0.353. The molecule has 2 rings (SSSR count). The van der Waals surface area contributed by atoms with Gasteiger partial charge < -0.3 is 20.3 Å². The first kappa shape index (κ1) is 17.7. The maximum atomic E-state index is 5.43. The van der Waals surface area contributed by atoms with Crippen LogP contribution in [0.15, 0.2) is 41.8 Å². The van der Waals surface area contributed by atoms with Gasteiger partial charge in [0.05, 0.1) is 12.6 Å². The molecule has 0 saturated heterocycles. The summed E-state index contributed by atoms with van der Waals surface area (Å²) in [6.45, 7) is 3.40. The van der Waals surface area contributed by atoms with Crippen LogP contribution >= 0.6 is 23.6 Å². The predicted octanol–water partition coefficient (Wildman–Crippen LogP) is 3.74. The van der Waals surface area contributed by atoms with Crippen molar-refractivity contribution in [1.82, 2.24) is 10.2 Å². The maximum absolute atomic E-state index is 5.43. The highest BCUT2D eigenvalue weighted by Gasteiger charge is 2.15. The van der Waals surface area contributed by atoms with Gasteiger partial charge in [0.25, 0.3) is 0 Å². The van der Waals surface area contributed by atoms with Crippen molar-refractivity contribution in [2.75, 3.05) is 32.6 Å². The molecular formula is C17H23N3OS2. The van der Waals surface area contributed by atoms with Gasteiger partial charge in [-0.25, -0.2) is 0 Å². The van der Waals surface area contributed by atoms with Gasteiger partial charge in [0, 0.05) is 17.1 Å². The molecule has 4 nitrogen and oxygen atoms in total. The summed E-state index contributed by atoms with van der Waals surface area (Å²) in [6.07, 6.45) is 0. The van der Waals surface area contributed by atoms with E-state index in [1.54, 1.807) is 11.3 Å². The van der Waals surface area contributed by atoms with Crippen LogP contribution < -0.4 is 15.4 Å². The van der Waals surface area contributed by atoms with E-state index in [1.807, 2.05) is 31.2 Å². The second kappa shape index (κ2) is 8.86. The molecule has 0 radical (unpaired) electrons. The number of ether oxygens (including phenoxy) is 1. The van der Waals surface area contributed by atoms with Gasteiger partial charge >= 0.3 is 0 Å². The number of anilines is 1. The summed E-state index contributed by atoms with van der Waals surface area (Å²) < 4.78 is 5.43. The predicted molar refractivity (Wildman–Crippen MR) is 103 cm³/mol. The van der Waals surface area contributed by atoms with Crippen LogP contribution in [0.3, 0.4) is 0 Å². The van der Waals surface area contributed by atoms with Crippen molar-refractivity contribution in [2.24, 2.45) is 0 Å². The van der Waals surface area contributed by atoms with Gasteiger partial charge in [-0.1, -0.05) is 6.07 Å². The van der Waals surface area contributed by atoms with Crippen molar-refractivity contribution in [1.29, 1.82) is 0 Å². The van der Waals surface area contributed by atoms with Crippen molar-refractivity contribution in [3.05, 3.63) is 46.7 Å². The topological polar surface area (TPSA) is 36.5 Å². The highest BCUT2D eigenvalue weighted by molar-refractivity contribution is 7.80. The zero-order valence-electron chi connectivity index (χ0n) is 13.7. The minimum atomic E-state index is 0.301. The van der Waals surface area contributed by atoms with Gasteiger partial charge in [-0.2, -0.15) is 0 Å². The number of thiophene rings is 1. The number of likely N-dealkylation sites (N-methyl/N-ethyl adjacent to an activating group) is 1. The summed E-state index contributed by atoms with van der Waals surface area (Å²) in [5.41, 5.74) is 0.948. The lowest BCUT2D eigenvalue weighted by atomic mass is 10.2. The van der Waals surface area contributed by atoms with E-state index < -0.39 is 0 Å². The molecule has 2 aromatic rings. The first-order valence-electron chi connectivity index (χ1n) is 7.57. The van der Waals surface area contributed by atoms with Crippen LogP contribution in [0.1, 0.15) is 17.8 Å². The van der Waals surface area contributed by atoms with Gasteiger partial charge in [-0.3, -0.25) is 0 Å². The molecule has 0 fully saturated rings. The third-order valence-electron chi connectivity index (χ3n) is 3.37. The summed E-state index contributed by atoms with van der Waals surface area (Å²) in [5, 5.41) is 9.22. The van der Waals surface area contributed by atoms with E-state index in [2.05, 4.69) is 47.1 Å². The fourth-order valence-corrected chi connectivity index (χ4v) is 3.31. The van der Waals surface area contributed by atoms with Crippen molar-refractivity contribution in [3.8, 4) is 5.75 Å². The SMILES string of the molecule is CCOc1ccc(NC(=S)NC[C@@H](c2cccs2)N(C)C)cc1. The average Bonchev–Trinajstić information content (AvgIpc) is 3.03. The Hall–Kier alpha value is -1.63. The largest absolute Gasteiger partial charge is 0.494 e. The third-order valence-corrected chi connectivity index (χ3v) is 4.59. The minimum absolute atomic E-state index is 0.301. The maximum Gasteiger partial charge on any atom is 0.170 e. The van der Waals surface area contributed by atoms with Gasteiger partial charge in [-0.15, -0.1) is 11.3 Å². The first-order chi connectivity index (χ1) is 11.1. The van der Waals surface area contributed by atoms with Gasteiger partial charge in [0.2, 0.25) is 0 Å². The molecule has 1 heterocycles. The first-order valence-corrected chi connectivity index (χ1v) is 8.86. The molecule has 124 valence electrons. The summed E-state index contributed by atoms with van der Waals surface area (Å²) in [4.78, 5) is 3.52. The van der Waals surface area contributed by atoms with E-state index in [-0.39, 0.29) is 0 Å². The highest BCUT2D eigenvalue weighted by atomic mass is 32.1. The molecular weight excluding hydrogens is 326 g/mol. The van der Waals surface area contributed by atoms with E-state index in [0.29, 0.717) is 17.8 Å². The number of benzene rings is 1. The Bertz CT molecular complexity index is 597. The number of thiocarbonyl (C=S) groups is 1.